The van der Waals surface area contributed by atoms with E-state index in [1.54, 1.807) is 30.2 Å². The molecule has 2 aromatic carbocycles. The van der Waals surface area contributed by atoms with Crippen molar-refractivity contribution in [2.24, 2.45) is 0 Å². The minimum absolute atomic E-state index is 0.0177. The molecule has 130 valence electrons. The summed E-state index contributed by atoms with van der Waals surface area (Å²) in [5, 5.41) is 0. The molecule has 0 saturated heterocycles. The van der Waals surface area contributed by atoms with Crippen LogP contribution in [0.25, 0.3) is 0 Å². The van der Waals surface area contributed by atoms with Crippen molar-refractivity contribution < 1.29 is 19.1 Å². The van der Waals surface area contributed by atoms with E-state index in [1.165, 1.54) is 7.11 Å². The van der Waals surface area contributed by atoms with Crippen molar-refractivity contribution in [2.45, 2.75) is 12.8 Å². The van der Waals surface area contributed by atoms with Gasteiger partial charge < -0.3 is 14.4 Å². The fraction of sp³-hybridized carbons (Fsp3) is 0.263. The lowest BCUT2D eigenvalue weighted by Gasteiger charge is -2.29. The Balaban J connectivity index is 1.90. The second-order valence-electron chi connectivity index (χ2n) is 5.74. The molecule has 1 aliphatic rings. The van der Waals surface area contributed by atoms with E-state index < -0.39 is 0 Å². The van der Waals surface area contributed by atoms with Crippen molar-refractivity contribution >= 4 is 33.3 Å². The predicted octanol–water partition coefficient (Wildman–Crippen LogP) is 3.63. The molecule has 1 aliphatic heterocycles. The number of ether oxygens (including phenoxy) is 2. The van der Waals surface area contributed by atoms with E-state index in [1.807, 2.05) is 18.2 Å². The van der Waals surface area contributed by atoms with Gasteiger partial charge in [-0.15, -0.1) is 0 Å². The number of ketones is 1. The third-order valence-corrected chi connectivity index (χ3v) is 4.75. The Morgan fingerprint density at radius 1 is 1.12 bits per heavy atom. The Hall–Kier alpha value is -2.34. The molecule has 6 heteroatoms. The molecule has 0 saturated carbocycles. The number of Topliss-reactive ketones (excluding diaryl/α,β-unsaturated/α-hetero) is 1. The maximum atomic E-state index is 12.8. The molecular weight excluding hydrogens is 386 g/mol. The fourth-order valence-corrected chi connectivity index (χ4v) is 3.37. The Labute approximate surface area is 154 Å². The highest BCUT2D eigenvalue weighted by molar-refractivity contribution is 9.10. The molecule has 0 unspecified atom stereocenters. The van der Waals surface area contributed by atoms with Gasteiger partial charge in [0.1, 0.15) is 11.5 Å². The number of anilines is 1. The van der Waals surface area contributed by atoms with E-state index in [0.29, 0.717) is 29.9 Å². The number of carbonyl (C=O) groups is 2. The first-order chi connectivity index (χ1) is 12.0. The van der Waals surface area contributed by atoms with Crippen molar-refractivity contribution in [3.8, 4) is 11.5 Å². The van der Waals surface area contributed by atoms with Crippen LogP contribution < -0.4 is 14.4 Å². The molecule has 0 bridgehead atoms. The molecule has 3 rings (SSSR count). The van der Waals surface area contributed by atoms with Gasteiger partial charge in [0.25, 0.3) is 0 Å². The number of hydrogen-bond acceptors (Lipinski definition) is 4. The SMILES string of the molecule is COc1ccc(C(=O)CN2C(=O)CCc3cc(Br)ccc32)c(OC)c1. The van der Waals surface area contributed by atoms with Gasteiger partial charge in [0.2, 0.25) is 5.91 Å². The normalized spacial score (nSPS) is 13.4. The zero-order valence-corrected chi connectivity index (χ0v) is 15.6. The van der Waals surface area contributed by atoms with Crippen LogP contribution in [0.3, 0.4) is 0 Å². The van der Waals surface area contributed by atoms with Gasteiger partial charge in [0.05, 0.1) is 26.3 Å². The van der Waals surface area contributed by atoms with Crippen LogP contribution >= 0.6 is 15.9 Å². The second kappa shape index (κ2) is 7.27. The Morgan fingerprint density at radius 3 is 2.64 bits per heavy atom. The van der Waals surface area contributed by atoms with Gasteiger partial charge in [0.15, 0.2) is 5.78 Å². The van der Waals surface area contributed by atoms with E-state index in [2.05, 4.69) is 15.9 Å². The van der Waals surface area contributed by atoms with Crippen molar-refractivity contribution in [3.63, 3.8) is 0 Å². The third kappa shape index (κ3) is 3.54. The van der Waals surface area contributed by atoms with Crippen LogP contribution in [0.4, 0.5) is 5.69 Å². The minimum Gasteiger partial charge on any atom is -0.497 e. The van der Waals surface area contributed by atoms with Gasteiger partial charge in [-0.25, -0.2) is 0 Å². The predicted molar refractivity (Wildman–Crippen MR) is 98.7 cm³/mol. The largest absolute Gasteiger partial charge is 0.497 e. The summed E-state index contributed by atoms with van der Waals surface area (Å²) in [5.74, 6) is 0.821. The molecule has 0 N–H and O–H groups in total. The lowest BCUT2D eigenvalue weighted by atomic mass is 10.00. The van der Waals surface area contributed by atoms with Gasteiger partial charge in [0, 0.05) is 22.6 Å². The first-order valence-corrected chi connectivity index (χ1v) is 8.67. The van der Waals surface area contributed by atoms with Gasteiger partial charge in [-0.2, -0.15) is 0 Å². The summed E-state index contributed by atoms with van der Waals surface area (Å²) in [6.45, 7) is -0.0177. The molecule has 1 amide bonds. The number of aryl methyl sites for hydroxylation is 1. The third-order valence-electron chi connectivity index (χ3n) is 4.25. The number of amides is 1. The molecule has 0 fully saturated rings. The molecule has 25 heavy (non-hydrogen) atoms. The first kappa shape index (κ1) is 17.5. The van der Waals surface area contributed by atoms with Crippen LogP contribution in [0.5, 0.6) is 11.5 Å². The van der Waals surface area contributed by atoms with Crippen molar-refractivity contribution in [1.82, 2.24) is 0 Å². The average molecular weight is 404 g/mol. The van der Waals surface area contributed by atoms with Gasteiger partial charge >= 0.3 is 0 Å². The molecule has 1 heterocycles. The van der Waals surface area contributed by atoms with Crippen molar-refractivity contribution in [1.29, 1.82) is 0 Å². The number of fused-ring (bicyclic) bond motifs is 1. The van der Waals surface area contributed by atoms with Crippen LogP contribution in [0.15, 0.2) is 40.9 Å². The monoisotopic (exact) mass is 403 g/mol. The van der Waals surface area contributed by atoms with Gasteiger partial charge in [-0.05, 0) is 42.3 Å². The van der Waals surface area contributed by atoms with Crippen LogP contribution in [0.1, 0.15) is 22.3 Å². The number of halogens is 1. The van der Waals surface area contributed by atoms with Crippen molar-refractivity contribution in [3.05, 3.63) is 52.0 Å². The molecule has 2 aromatic rings. The molecule has 0 radical (unpaired) electrons. The molecular formula is C19H18BrNO4. The summed E-state index contributed by atoms with van der Waals surface area (Å²) in [5.41, 5.74) is 2.28. The average Bonchev–Trinajstić information content (AvgIpc) is 2.63. The molecule has 5 nitrogen and oxygen atoms in total. The summed E-state index contributed by atoms with van der Waals surface area (Å²) in [7, 11) is 3.06. The summed E-state index contributed by atoms with van der Waals surface area (Å²) in [4.78, 5) is 26.7. The summed E-state index contributed by atoms with van der Waals surface area (Å²) < 4.78 is 11.4. The van der Waals surface area contributed by atoms with Crippen LogP contribution in [-0.4, -0.2) is 32.5 Å². The zero-order valence-electron chi connectivity index (χ0n) is 14.0. The first-order valence-electron chi connectivity index (χ1n) is 7.87. The van der Waals surface area contributed by atoms with E-state index in [-0.39, 0.29) is 18.2 Å². The van der Waals surface area contributed by atoms with Crippen LogP contribution in [-0.2, 0) is 11.2 Å². The lowest BCUT2D eigenvalue weighted by molar-refractivity contribution is -0.118. The highest BCUT2D eigenvalue weighted by atomic mass is 79.9. The topological polar surface area (TPSA) is 55.8 Å². The molecule has 0 aromatic heterocycles. The minimum atomic E-state index is -0.177. The highest BCUT2D eigenvalue weighted by Crippen LogP contribution is 2.31. The lowest BCUT2D eigenvalue weighted by Crippen LogP contribution is -2.39. The van der Waals surface area contributed by atoms with E-state index >= 15 is 0 Å². The van der Waals surface area contributed by atoms with Crippen LogP contribution in [0.2, 0.25) is 0 Å². The quantitative estimate of drug-likeness (QED) is 0.715. The van der Waals surface area contributed by atoms with Gasteiger partial charge in [-0.1, -0.05) is 15.9 Å². The highest BCUT2D eigenvalue weighted by Gasteiger charge is 2.27. The van der Waals surface area contributed by atoms with E-state index in [0.717, 1.165) is 15.7 Å². The molecule has 0 atom stereocenters. The Bertz CT molecular complexity index is 834. The Kier molecular flexibility index (Phi) is 5.08. The molecule has 0 spiro atoms. The summed E-state index contributed by atoms with van der Waals surface area (Å²) in [6, 6.07) is 10.8. The Morgan fingerprint density at radius 2 is 1.92 bits per heavy atom. The zero-order chi connectivity index (χ0) is 18.0. The van der Waals surface area contributed by atoms with E-state index in [9.17, 15) is 9.59 Å². The number of hydrogen-bond donors (Lipinski definition) is 0. The number of methoxy groups -OCH3 is 2. The number of benzene rings is 2. The fourth-order valence-electron chi connectivity index (χ4n) is 2.96. The smallest absolute Gasteiger partial charge is 0.227 e. The maximum absolute atomic E-state index is 12.8. The maximum Gasteiger partial charge on any atom is 0.227 e. The van der Waals surface area contributed by atoms with Gasteiger partial charge in [-0.3, -0.25) is 9.59 Å². The second-order valence-corrected chi connectivity index (χ2v) is 6.66. The number of nitrogens with zero attached hydrogens (tertiary/aromatic N) is 1. The van der Waals surface area contributed by atoms with Crippen LogP contribution in [0, 0.1) is 0 Å². The van der Waals surface area contributed by atoms with E-state index in [4.69, 9.17) is 9.47 Å². The van der Waals surface area contributed by atoms with Crippen molar-refractivity contribution in [2.75, 3.05) is 25.7 Å². The summed E-state index contributed by atoms with van der Waals surface area (Å²) >= 11 is 3.45. The summed E-state index contributed by atoms with van der Waals surface area (Å²) in [6.07, 6.45) is 1.08. The molecule has 0 aliphatic carbocycles. The number of rotatable bonds is 5. The number of carbonyl (C=O) groups excluding carboxylic acids is 2. The standard InChI is InChI=1S/C19H18BrNO4/c1-24-14-5-6-15(18(10-14)25-2)17(22)11-21-16-7-4-13(20)9-12(16)3-8-19(21)23/h4-7,9-10H,3,8,11H2,1-2H3.